The van der Waals surface area contributed by atoms with E-state index in [1.807, 2.05) is 41.3 Å². The van der Waals surface area contributed by atoms with Gasteiger partial charge in [0.25, 0.3) is 0 Å². The summed E-state index contributed by atoms with van der Waals surface area (Å²) >= 11 is 0. The SMILES string of the molecule is Cc1cccc(CCN(C(=O)[C@@H](N)c2ccccc2)c2ccc(C)c(C)c2)c1.Cl. The fraction of sp³-hybridized carbons (Fsp3) is 0.240. The van der Waals surface area contributed by atoms with E-state index in [-0.39, 0.29) is 18.3 Å². The smallest absolute Gasteiger partial charge is 0.248 e. The fourth-order valence-electron chi connectivity index (χ4n) is 3.34. The highest BCUT2D eigenvalue weighted by Gasteiger charge is 2.24. The molecule has 0 aromatic heterocycles. The highest BCUT2D eigenvalue weighted by atomic mass is 35.5. The van der Waals surface area contributed by atoms with Crippen LogP contribution in [-0.4, -0.2) is 12.5 Å². The molecule has 0 aliphatic rings. The molecule has 1 amide bonds. The first-order chi connectivity index (χ1) is 13.5. The normalized spacial score (nSPS) is 11.4. The van der Waals surface area contributed by atoms with Crippen LogP contribution >= 0.6 is 12.4 Å². The number of rotatable bonds is 6. The Morgan fingerprint density at radius 1 is 0.897 bits per heavy atom. The second kappa shape index (κ2) is 10.2. The van der Waals surface area contributed by atoms with Gasteiger partial charge in [-0.15, -0.1) is 12.4 Å². The number of nitrogens with zero attached hydrogens (tertiary/aromatic N) is 1. The maximum atomic E-state index is 13.3. The zero-order chi connectivity index (χ0) is 20.1. The summed E-state index contributed by atoms with van der Waals surface area (Å²) in [5.41, 5.74) is 12.9. The molecule has 0 aliphatic carbocycles. The van der Waals surface area contributed by atoms with Gasteiger partial charge in [0, 0.05) is 12.2 Å². The van der Waals surface area contributed by atoms with E-state index >= 15 is 0 Å². The van der Waals surface area contributed by atoms with Crippen LogP contribution in [0.15, 0.2) is 72.8 Å². The summed E-state index contributed by atoms with van der Waals surface area (Å²) in [5.74, 6) is -0.0814. The molecule has 0 fully saturated rings. The molecule has 3 aromatic carbocycles. The third-order valence-electron chi connectivity index (χ3n) is 5.20. The first kappa shape index (κ1) is 22.7. The predicted octanol–water partition coefficient (Wildman–Crippen LogP) is 5.31. The molecule has 3 rings (SSSR count). The summed E-state index contributed by atoms with van der Waals surface area (Å²) in [7, 11) is 0. The first-order valence-corrected chi connectivity index (χ1v) is 9.70. The molecule has 4 heteroatoms. The Morgan fingerprint density at radius 2 is 1.62 bits per heavy atom. The molecule has 3 nitrogen and oxygen atoms in total. The van der Waals surface area contributed by atoms with Crippen molar-refractivity contribution in [2.24, 2.45) is 5.73 Å². The van der Waals surface area contributed by atoms with Crippen LogP contribution in [0.5, 0.6) is 0 Å². The quantitative estimate of drug-likeness (QED) is 0.600. The minimum atomic E-state index is -0.680. The van der Waals surface area contributed by atoms with E-state index in [9.17, 15) is 4.79 Å². The largest absolute Gasteiger partial charge is 0.316 e. The van der Waals surface area contributed by atoms with E-state index in [0.717, 1.165) is 17.7 Å². The van der Waals surface area contributed by atoms with E-state index in [0.29, 0.717) is 6.54 Å². The number of nitrogens with two attached hydrogens (primary N) is 1. The monoisotopic (exact) mass is 408 g/mol. The third-order valence-corrected chi connectivity index (χ3v) is 5.20. The van der Waals surface area contributed by atoms with Crippen LogP contribution in [0.3, 0.4) is 0 Å². The summed E-state index contributed by atoms with van der Waals surface area (Å²) in [4.78, 5) is 15.2. The molecule has 0 heterocycles. The standard InChI is InChI=1S/C25H28N2O.ClH/c1-18-8-7-9-21(16-18)14-15-27(23-13-12-19(2)20(3)17-23)25(28)24(26)22-10-5-4-6-11-22;/h4-13,16-17,24H,14-15,26H2,1-3H3;1H/t24-;/m0./s1. The van der Waals surface area contributed by atoms with Gasteiger partial charge in [0.1, 0.15) is 6.04 Å². The number of benzene rings is 3. The van der Waals surface area contributed by atoms with Crippen LogP contribution in [0.4, 0.5) is 5.69 Å². The van der Waals surface area contributed by atoms with Gasteiger partial charge >= 0.3 is 0 Å². The van der Waals surface area contributed by atoms with Crippen molar-refractivity contribution in [3.05, 3.63) is 101 Å². The molecule has 0 saturated carbocycles. The highest BCUT2D eigenvalue weighted by Crippen LogP contribution is 2.23. The van der Waals surface area contributed by atoms with Gasteiger partial charge < -0.3 is 10.6 Å². The molecule has 0 bridgehead atoms. The van der Waals surface area contributed by atoms with E-state index in [1.54, 1.807) is 0 Å². The number of halogens is 1. The predicted molar refractivity (Wildman–Crippen MR) is 124 cm³/mol. The first-order valence-electron chi connectivity index (χ1n) is 9.70. The zero-order valence-electron chi connectivity index (χ0n) is 17.3. The summed E-state index contributed by atoms with van der Waals surface area (Å²) in [6.45, 7) is 6.82. The third kappa shape index (κ3) is 5.69. The Labute approximate surface area is 180 Å². The van der Waals surface area contributed by atoms with E-state index < -0.39 is 6.04 Å². The lowest BCUT2D eigenvalue weighted by Gasteiger charge is -2.27. The number of carbonyl (C=O) groups excluding carboxylic acids is 1. The summed E-state index contributed by atoms with van der Waals surface area (Å²) in [6.07, 6.45) is 0.780. The van der Waals surface area contributed by atoms with Gasteiger partial charge in [0.05, 0.1) is 0 Å². The average molecular weight is 409 g/mol. The minimum Gasteiger partial charge on any atom is -0.316 e. The molecule has 0 spiro atoms. The maximum Gasteiger partial charge on any atom is 0.248 e. The van der Waals surface area contributed by atoms with Gasteiger partial charge in [-0.3, -0.25) is 4.79 Å². The van der Waals surface area contributed by atoms with E-state index in [4.69, 9.17) is 5.73 Å². The number of carbonyl (C=O) groups is 1. The maximum absolute atomic E-state index is 13.3. The second-order valence-electron chi connectivity index (χ2n) is 7.39. The molecule has 152 valence electrons. The van der Waals surface area contributed by atoms with Gasteiger partial charge in [-0.1, -0.05) is 66.2 Å². The van der Waals surface area contributed by atoms with Crippen molar-refractivity contribution in [3.63, 3.8) is 0 Å². The lowest BCUT2D eigenvalue weighted by Crippen LogP contribution is -2.40. The van der Waals surface area contributed by atoms with Gasteiger partial charge in [0.15, 0.2) is 0 Å². The average Bonchev–Trinajstić information content (AvgIpc) is 2.70. The highest BCUT2D eigenvalue weighted by molar-refractivity contribution is 5.97. The number of hydrogen-bond donors (Lipinski definition) is 1. The Bertz CT molecular complexity index is 956. The minimum absolute atomic E-state index is 0. The van der Waals surface area contributed by atoms with E-state index in [1.165, 1.54) is 22.3 Å². The number of aryl methyl sites for hydroxylation is 3. The Hall–Kier alpha value is -2.62. The number of anilines is 1. The second-order valence-corrected chi connectivity index (χ2v) is 7.39. The van der Waals surface area contributed by atoms with E-state index in [2.05, 4.69) is 57.2 Å². The van der Waals surface area contributed by atoms with Crippen molar-refractivity contribution < 1.29 is 4.79 Å². The van der Waals surface area contributed by atoms with Crippen LogP contribution in [0.25, 0.3) is 0 Å². The van der Waals surface area contributed by atoms with Gasteiger partial charge in [-0.2, -0.15) is 0 Å². The van der Waals surface area contributed by atoms with Crippen LogP contribution in [0.1, 0.15) is 33.9 Å². The molecule has 3 aromatic rings. The van der Waals surface area contributed by atoms with Gasteiger partial charge in [-0.25, -0.2) is 0 Å². The molecule has 0 unspecified atom stereocenters. The van der Waals surface area contributed by atoms with Gasteiger partial charge in [0.2, 0.25) is 5.91 Å². The van der Waals surface area contributed by atoms with Crippen molar-refractivity contribution in [1.29, 1.82) is 0 Å². The topological polar surface area (TPSA) is 46.3 Å². The molecule has 2 N–H and O–H groups in total. The van der Waals surface area contributed by atoms with Gasteiger partial charge in [-0.05, 0) is 61.6 Å². The van der Waals surface area contributed by atoms with Crippen molar-refractivity contribution in [1.82, 2.24) is 0 Å². The molecule has 0 saturated heterocycles. The summed E-state index contributed by atoms with van der Waals surface area (Å²) in [5, 5.41) is 0. The lowest BCUT2D eigenvalue weighted by atomic mass is 10.0. The van der Waals surface area contributed by atoms with Crippen LogP contribution in [0, 0.1) is 20.8 Å². The van der Waals surface area contributed by atoms with Crippen molar-refractivity contribution >= 4 is 24.0 Å². The summed E-state index contributed by atoms with van der Waals surface area (Å²) < 4.78 is 0. The Balaban J connectivity index is 0.00000300. The molecular formula is C25H29ClN2O. The van der Waals surface area contributed by atoms with Crippen LogP contribution in [0.2, 0.25) is 0 Å². The summed E-state index contributed by atoms with van der Waals surface area (Å²) in [6, 6.07) is 23.4. The number of hydrogen-bond acceptors (Lipinski definition) is 2. The number of amides is 1. The van der Waals surface area contributed by atoms with Crippen LogP contribution < -0.4 is 10.6 Å². The molecule has 1 atom stereocenters. The fourth-order valence-corrected chi connectivity index (χ4v) is 3.34. The van der Waals surface area contributed by atoms with Crippen molar-refractivity contribution in [3.8, 4) is 0 Å². The molecule has 0 aliphatic heterocycles. The van der Waals surface area contributed by atoms with Crippen molar-refractivity contribution in [2.45, 2.75) is 33.2 Å². The Morgan fingerprint density at radius 3 is 2.28 bits per heavy atom. The van der Waals surface area contributed by atoms with Crippen molar-refractivity contribution in [2.75, 3.05) is 11.4 Å². The molecular weight excluding hydrogens is 380 g/mol. The molecule has 29 heavy (non-hydrogen) atoms. The van der Waals surface area contributed by atoms with Crippen LogP contribution in [-0.2, 0) is 11.2 Å². The zero-order valence-corrected chi connectivity index (χ0v) is 18.1. The Kier molecular flexibility index (Phi) is 8.00. The molecule has 0 radical (unpaired) electrons. The lowest BCUT2D eigenvalue weighted by molar-refractivity contribution is -0.120.